The number of benzene rings is 4. The molecule has 0 fully saturated rings. The molecule has 1 heterocycles. The monoisotopic (exact) mass is 380 g/mol. The quantitative estimate of drug-likeness (QED) is 0.205. The molecule has 29 heavy (non-hydrogen) atoms. The number of rotatable bonds is 2. The molecule has 4 aromatic carbocycles. The van der Waals surface area contributed by atoms with E-state index in [1.165, 1.54) is 0 Å². The van der Waals surface area contributed by atoms with Crippen LogP contribution in [0.5, 0.6) is 11.5 Å². The first-order valence-corrected chi connectivity index (χ1v) is 9.37. The lowest BCUT2D eigenvalue weighted by Crippen LogP contribution is -2.31. The lowest BCUT2D eigenvalue weighted by atomic mass is 10.0. The number of ether oxygens (including phenoxy) is 1. The van der Waals surface area contributed by atoms with Gasteiger partial charge >= 0.3 is 5.97 Å². The number of aromatic hydroxyl groups is 1. The Bertz CT molecular complexity index is 1370. The highest BCUT2D eigenvalue weighted by atomic mass is 16.5. The van der Waals surface area contributed by atoms with Gasteiger partial charge in [-0.05, 0) is 41.8 Å². The van der Waals surface area contributed by atoms with Crippen LogP contribution in [-0.4, -0.2) is 11.1 Å². The highest BCUT2D eigenvalue weighted by molar-refractivity contribution is 6.13. The number of para-hydroxylation sites is 2. The van der Waals surface area contributed by atoms with Gasteiger partial charge in [0.1, 0.15) is 18.5 Å². The van der Waals surface area contributed by atoms with Crippen LogP contribution in [-0.2, 0) is 7.05 Å². The fourth-order valence-electron chi connectivity index (χ4n) is 3.93. The molecular weight excluding hydrogens is 362 g/mol. The number of phenolic OH excluding ortho intramolecular Hbond substituents is 1. The molecule has 5 rings (SSSR count). The largest absolute Gasteiger partial charge is 0.508 e. The Morgan fingerprint density at radius 3 is 2.14 bits per heavy atom. The molecule has 0 unspecified atom stereocenters. The molecule has 4 heteroatoms. The van der Waals surface area contributed by atoms with Crippen molar-refractivity contribution in [3.63, 3.8) is 0 Å². The topological polar surface area (TPSA) is 50.4 Å². The van der Waals surface area contributed by atoms with E-state index in [2.05, 4.69) is 4.57 Å². The van der Waals surface area contributed by atoms with Crippen molar-refractivity contribution < 1.29 is 19.2 Å². The minimum absolute atomic E-state index is 0.175. The first kappa shape index (κ1) is 17.2. The maximum Gasteiger partial charge on any atom is 0.345 e. The molecule has 0 atom stereocenters. The number of fused-ring (bicyclic) bond motifs is 3. The number of carbonyl (C=O) groups excluding carboxylic acids is 1. The predicted octanol–water partition coefficient (Wildman–Crippen LogP) is 4.90. The van der Waals surface area contributed by atoms with Gasteiger partial charge in [-0.3, -0.25) is 0 Å². The maximum atomic E-state index is 13.4. The normalized spacial score (nSPS) is 11.2. The van der Waals surface area contributed by atoms with Crippen molar-refractivity contribution in [1.29, 1.82) is 0 Å². The van der Waals surface area contributed by atoms with E-state index >= 15 is 0 Å². The Morgan fingerprint density at radius 2 is 1.45 bits per heavy atom. The molecule has 0 aliphatic rings. The minimum atomic E-state index is -0.404. The summed E-state index contributed by atoms with van der Waals surface area (Å²) in [6.07, 6.45) is 0. The van der Waals surface area contributed by atoms with Gasteiger partial charge in [-0.2, -0.15) is 4.57 Å². The van der Waals surface area contributed by atoms with Crippen LogP contribution in [0.4, 0.5) is 0 Å². The van der Waals surface area contributed by atoms with Crippen molar-refractivity contribution in [2.75, 3.05) is 0 Å². The summed E-state index contributed by atoms with van der Waals surface area (Å²) in [5, 5.41) is 13.0. The standard InChI is InChI=1S/C25H17NO3/c1-26-21-10-4-2-8-19(21)24(20-9-3-5-11-22(20)26)25(28)29-23-12-6-7-16-15-17(27)13-14-18(16)23/h2-15H,1H3/p+1. The average molecular weight is 380 g/mol. The van der Waals surface area contributed by atoms with E-state index in [9.17, 15) is 9.90 Å². The highest BCUT2D eigenvalue weighted by Gasteiger charge is 2.23. The third-order valence-electron chi connectivity index (χ3n) is 5.30. The van der Waals surface area contributed by atoms with Gasteiger partial charge in [0.2, 0.25) is 11.0 Å². The molecule has 140 valence electrons. The molecule has 0 bridgehead atoms. The molecule has 0 spiro atoms. The molecule has 1 aromatic heterocycles. The smallest absolute Gasteiger partial charge is 0.345 e. The number of carbonyl (C=O) groups is 1. The van der Waals surface area contributed by atoms with Gasteiger partial charge in [-0.25, -0.2) is 4.79 Å². The molecule has 1 N–H and O–H groups in total. The summed E-state index contributed by atoms with van der Waals surface area (Å²) < 4.78 is 7.97. The van der Waals surface area contributed by atoms with E-state index in [4.69, 9.17) is 4.74 Å². The van der Waals surface area contributed by atoms with Gasteiger partial charge in [0.05, 0.1) is 16.3 Å². The molecular formula is C25H18NO3+. The fourth-order valence-corrected chi connectivity index (χ4v) is 3.93. The van der Waals surface area contributed by atoms with Crippen molar-refractivity contribution in [1.82, 2.24) is 0 Å². The molecule has 4 nitrogen and oxygen atoms in total. The second-order valence-corrected chi connectivity index (χ2v) is 7.02. The summed E-state index contributed by atoms with van der Waals surface area (Å²) in [6.45, 7) is 0. The van der Waals surface area contributed by atoms with Gasteiger partial charge in [-0.15, -0.1) is 0 Å². The summed E-state index contributed by atoms with van der Waals surface area (Å²) in [6, 6.07) is 26.1. The van der Waals surface area contributed by atoms with Crippen molar-refractivity contribution in [3.8, 4) is 11.5 Å². The van der Waals surface area contributed by atoms with Crippen LogP contribution in [0.1, 0.15) is 10.4 Å². The molecule has 0 saturated carbocycles. The van der Waals surface area contributed by atoms with Crippen molar-refractivity contribution in [3.05, 3.63) is 90.5 Å². The SMILES string of the molecule is C[n+]1c2ccccc2c(C(=O)Oc2cccc3cc(O)ccc23)c2ccccc21. The Labute approximate surface area is 167 Å². The van der Waals surface area contributed by atoms with E-state index < -0.39 is 5.97 Å². The van der Waals surface area contributed by atoms with Crippen molar-refractivity contribution in [2.24, 2.45) is 7.05 Å². The van der Waals surface area contributed by atoms with E-state index in [0.29, 0.717) is 11.3 Å². The molecule has 0 amide bonds. The minimum Gasteiger partial charge on any atom is -0.508 e. The number of hydrogen-bond donors (Lipinski definition) is 1. The summed E-state index contributed by atoms with van der Waals surface area (Å²) >= 11 is 0. The molecule has 0 aliphatic heterocycles. The Morgan fingerprint density at radius 1 is 0.793 bits per heavy atom. The predicted molar refractivity (Wildman–Crippen MR) is 113 cm³/mol. The van der Waals surface area contributed by atoms with Crippen LogP contribution in [0.3, 0.4) is 0 Å². The lowest BCUT2D eigenvalue weighted by molar-refractivity contribution is -0.617. The zero-order valence-corrected chi connectivity index (χ0v) is 15.8. The molecule has 0 aliphatic carbocycles. The highest BCUT2D eigenvalue weighted by Crippen LogP contribution is 2.31. The van der Waals surface area contributed by atoms with Gasteiger partial charge < -0.3 is 9.84 Å². The van der Waals surface area contributed by atoms with Crippen LogP contribution in [0.15, 0.2) is 84.9 Å². The first-order valence-electron chi connectivity index (χ1n) is 9.37. The van der Waals surface area contributed by atoms with E-state index in [1.54, 1.807) is 24.3 Å². The summed E-state index contributed by atoms with van der Waals surface area (Å²) in [5.41, 5.74) is 2.46. The third kappa shape index (κ3) is 2.77. The van der Waals surface area contributed by atoms with Crippen LogP contribution in [0.2, 0.25) is 0 Å². The van der Waals surface area contributed by atoms with Crippen molar-refractivity contribution >= 4 is 38.5 Å². The maximum absolute atomic E-state index is 13.4. The van der Waals surface area contributed by atoms with Crippen LogP contribution in [0, 0.1) is 0 Å². The zero-order chi connectivity index (χ0) is 20.0. The fraction of sp³-hybridized carbons (Fsp3) is 0.0400. The van der Waals surface area contributed by atoms with Crippen LogP contribution in [0.25, 0.3) is 32.6 Å². The number of aryl methyl sites for hydroxylation is 1. The third-order valence-corrected chi connectivity index (χ3v) is 5.30. The average Bonchev–Trinajstić information content (AvgIpc) is 2.74. The Hall–Kier alpha value is -3.92. The molecule has 5 aromatic rings. The molecule has 0 saturated heterocycles. The van der Waals surface area contributed by atoms with E-state index in [1.807, 2.05) is 67.7 Å². The Balaban J connectivity index is 1.72. The van der Waals surface area contributed by atoms with Crippen LogP contribution < -0.4 is 9.30 Å². The first-order chi connectivity index (χ1) is 14.1. The Kier molecular flexibility index (Phi) is 3.91. The number of esters is 1. The number of aromatic nitrogens is 1. The molecule has 0 radical (unpaired) electrons. The second kappa shape index (κ2) is 6.60. The number of nitrogens with zero attached hydrogens (tertiary/aromatic N) is 1. The summed E-state index contributed by atoms with van der Waals surface area (Å²) in [4.78, 5) is 13.4. The number of hydrogen-bond acceptors (Lipinski definition) is 3. The number of phenols is 1. The van der Waals surface area contributed by atoms with Gasteiger partial charge in [-0.1, -0.05) is 36.4 Å². The number of pyridine rings is 1. The summed E-state index contributed by atoms with van der Waals surface area (Å²) in [5.74, 6) is 0.237. The van der Waals surface area contributed by atoms with Gasteiger partial charge in [0.25, 0.3) is 0 Å². The van der Waals surface area contributed by atoms with Gasteiger partial charge in [0.15, 0.2) is 0 Å². The van der Waals surface area contributed by atoms with E-state index in [0.717, 1.165) is 32.6 Å². The zero-order valence-electron chi connectivity index (χ0n) is 15.8. The second-order valence-electron chi connectivity index (χ2n) is 7.02. The van der Waals surface area contributed by atoms with E-state index in [-0.39, 0.29) is 5.75 Å². The van der Waals surface area contributed by atoms with Crippen LogP contribution >= 0.6 is 0 Å². The lowest BCUT2D eigenvalue weighted by Gasteiger charge is -2.11. The van der Waals surface area contributed by atoms with Gasteiger partial charge in [0, 0.05) is 17.5 Å². The van der Waals surface area contributed by atoms with Crippen molar-refractivity contribution in [2.45, 2.75) is 0 Å². The summed E-state index contributed by atoms with van der Waals surface area (Å²) in [7, 11) is 2.00.